The number of amides is 1. The Balaban J connectivity index is 2.32. The average molecular weight is 249 g/mol. The highest BCUT2D eigenvalue weighted by molar-refractivity contribution is 5.94. The monoisotopic (exact) mass is 249 g/mol. The molecule has 2 rings (SSSR count). The van der Waals surface area contributed by atoms with E-state index in [0.717, 1.165) is 18.8 Å². The Kier molecular flexibility index (Phi) is 3.52. The second-order valence-corrected chi connectivity index (χ2v) is 4.96. The number of carbonyl (C=O) groups is 1. The maximum atomic E-state index is 12.4. The maximum absolute atomic E-state index is 12.4. The lowest BCUT2D eigenvalue weighted by atomic mass is 10.1. The van der Waals surface area contributed by atoms with Crippen LogP contribution in [0, 0.1) is 6.92 Å². The van der Waals surface area contributed by atoms with E-state index in [2.05, 4.69) is 10.3 Å². The van der Waals surface area contributed by atoms with Gasteiger partial charge in [-0.2, -0.15) is 0 Å². The standard InChI is InChI=1S/C13H19N3O2/c1-8-4-12(17)11(7-15-8)13(18)16-9(2)5-14-6-10(16)3/h4,7,9-10,14H,5-6H2,1-3H3,(H,15,17). The molecule has 1 aromatic rings. The van der Waals surface area contributed by atoms with Crippen LogP contribution in [0.25, 0.3) is 0 Å². The van der Waals surface area contributed by atoms with Gasteiger partial charge in [0.2, 0.25) is 0 Å². The molecular weight excluding hydrogens is 230 g/mol. The Morgan fingerprint density at radius 2 is 1.94 bits per heavy atom. The zero-order chi connectivity index (χ0) is 13.3. The van der Waals surface area contributed by atoms with E-state index < -0.39 is 0 Å². The summed E-state index contributed by atoms with van der Waals surface area (Å²) in [5.74, 6) is -0.183. The van der Waals surface area contributed by atoms with Crippen molar-refractivity contribution in [3.8, 4) is 0 Å². The summed E-state index contributed by atoms with van der Waals surface area (Å²) in [6.07, 6.45) is 1.52. The lowest BCUT2D eigenvalue weighted by Crippen LogP contribution is -2.57. The zero-order valence-corrected chi connectivity index (χ0v) is 11.0. The fraction of sp³-hybridized carbons (Fsp3) is 0.538. The Labute approximate surface area is 106 Å². The number of piperazine rings is 1. The zero-order valence-electron chi connectivity index (χ0n) is 11.0. The number of H-pyrrole nitrogens is 1. The highest BCUT2D eigenvalue weighted by atomic mass is 16.2. The molecule has 1 aliphatic heterocycles. The second kappa shape index (κ2) is 4.94. The van der Waals surface area contributed by atoms with Gasteiger partial charge in [-0.15, -0.1) is 0 Å². The molecule has 0 bridgehead atoms. The molecule has 5 nitrogen and oxygen atoms in total. The van der Waals surface area contributed by atoms with Crippen molar-refractivity contribution in [2.24, 2.45) is 0 Å². The van der Waals surface area contributed by atoms with Gasteiger partial charge in [0.15, 0.2) is 5.43 Å². The van der Waals surface area contributed by atoms with Crippen LogP contribution in [0.2, 0.25) is 0 Å². The van der Waals surface area contributed by atoms with E-state index in [1.807, 2.05) is 13.8 Å². The number of nitrogens with zero attached hydrogens (tertiary/aromatic N) is 1. The van der Waals surface area contributed by atoms with Crippen molar-refractivity contribution in [3.63, 3.8) is 0 Å². The summed E-state index contributed by atoms with van der Waals surface area (Å²) in [7, 11) is 0. The maximum Gasteiger partial charge on any atom is 0.259 e. The topological polar surface area (TPSA) is 65.2 Å². The quantitative estimate of drug-likeness (QED) is 0.762. The van der Waals surface area contributed by atoms with Crippen molar-refractivity contribution in [2.45, 2.75) is 32.9 Å². The lowest BCUT2D eigenvalue weighted by molar-refractivity contribution is 0.0542. The summed E-state index contributed by atoms with van der Waals surface area (Å²) < 4.78 is 0. The molecule has 0 aromatic carbocycles. The van der Waals surface area contributed by atoms with Crippen LogP contribution >= 0.6 is 0 Å². The first-order valence-electron chi connectivity index (χ1n) is 6.23. The van der Waals surface area contributed by atoms with Crippen molar-refractivity contribution in [3.05, 3.63) is 33.7 Å². The molecule has 0 radical (unpaired) electrons. The Morgan fingerprint density at radius 1 is 1.33 bits per heavy atom. The van der Waals surface area contributed by atoms with Gasteiger partial charge in [-0.05, 0) is 20.8 Å². The van der Waals surface area contributed by atoms with Crippen LogP contribution in [0.3, 0.4) is 0 Å². The summed E-state index contributed by atoms with van der Waals surface area (Å²) in [6, 6.07) is 1.66. The Hall–Kier alpha value is -1.62. The minimum absolute atomic E-state index is 0.0990. The summed E-state index contributed by atoms with van der Waals surface area (Å²) in [5, 5.41) is 3.26. The fourth-order valence-electron chi connectivity index (χ4n) is 2.41. The van der Waals surface area contributed by atoms with Crippen LogP contribution in [0.4, 0.5) is 0 Å². The number of pyridine rings is 1. The Bertz CT molecular complexity index is 499. The molecule has 2 unspecified atom stereocenters. The van der Waals surface area contributed by atoms with Gasteiger partial charge in [-0.25, -0.2) is 0 Å². The van der Waals surface area contributed by atoms with E-state index >= 15 is 0 Å². The van der Waals surface area contributed by atoms with E-state index in [9.17, 15) is 9.59 Å². The Morgan fingerprint density at radius 3 is 2.50 bits per heavy atom. The van der Waals surface area contributed by atoms with Crippen molar-refractivity contribution in [1.82, 2.24) is 15.2 Å². The summed E-state index contributed by atoms with van der Waals surface area (Å²) >= 11 is 0. The molecule has 2 heterocycles. The number of hydrogen-bond acceptors (Lipinski definition) is 3. The first-order valence-corrected chi connectivity index (χ1v) is 6.23. The van der Waals surface area contributed by atoms with Gasteiger partial charge < -0.3 is 15.2 Å². The van der Waals surface area contributed by atoms with Gasteiger partial charge in [0, 0.05) is 43.1 Å². The molecule has 18 heavy (non-hydrogen) atoms. The smallest absolute Gasteiger partial charge is 0.259 e. The molecular formula is C13H19N3O2. The molecule has 1 aliphatic rings. The number of rotatable bonds is 1. The molecule has 2 N–H and O–H groups in total. The van der Waals surface area contributed by atoms with Crippen molar-refractivity contribution in [1.29, 1.82) is 0 Å². The number of carbonyl (C=O) groups excluding carboxylic acids is 1. The second-order valence-electron chi connectivity index (χ2n) is 4.96. The van der Waals surface area contributed by atoms with Crippen molar-refractivity contribution >= 4 is 5.91 Å². The molecule has 0 spiro atoms. The van der Waals surface area contributed by atoms with E-state index in [0.29, 0.717) is 0 Å². The van der Waals surface area contributed by atoms with E-state index in [1.54, 1.807) is 11.8 Å². The van der Waals surface area contributed by atoms with Crippen molar-refractivity contribution in [2.75, 3.05) is 13.1 Å². The van der Waals surface area contributed by atoms with Gasteiger partial charge in [-0.1, -0.05) is 0 Å². The van der Waals surface area contributed by atoms with Crippen molar-refractivity contribution < 1.29 is 4.79 Å². The number of aryl methyl sites for hydroxylation is 1. The third kappa shape index (κ3) is 2.31. The van der Waals surface area contributed by atoms with E-state index in [4.69, 9.17) is 0 Å². The SMILES string of the molecule is Cc1cc(=O)c(C(=O)N2C(C)CNCC2C)c[nH]1. The van der Waals surface area contributed by atoms with Crippen LogP contribution in [0.1, 0.15) is 29.9 Å². The third-order valence-electron chi connectivity index (χ3n) is 3.35. The number of hydrogen-bond donors (Lipinski definition) is 2. The van der Waals surface area contributed by atoms with Gasteiger partial charge in [0.05, 0.1) is 0 Å². The van der Waals surface area contributed by atoms with Gasteiger partial charge >= 0.3 is 0 Å². The molecule has 98 valence electrons. The van der Waals surface area contributed by atoms with Gasteiger partial charge in [0.1, 0.15) is 5.56 Å². The molecule has 2 atom stereocenters. The minimum Gasteiger partial charge on any atom is -0.364 e. The van der Waals surface area contributed by atoms with E-state index in [1.165, 1.54) is 12.3 Å². The summed E-state index contributed by atoms with van der Waals surface area (Å²) in [6.45, 7) is 7.30. The molecule has 1 fully saturated rings. The number of aromatic nitrogens is 1. The largest absolute Gasteiger partial charge is 0.364 e. The summed E-state index contributed by atoms with van der Waals surface area (Å²) in [4.78, 5) is 29.0. The minimum atomic E-state index is -0.214. The van der Waals surface area contributed by atoms with Gasteiger partial charge in [-0.3, -0.25) is 9.59 Å². The first kappa shape index (κ1) is 12.8. The normalized spacial score (nSPS) is 24.1. The number of nitrogens with one attached hydrogen (secondary N) is 2. The molecule has 0 aliphatic carbocycles. The van der Waals surface area contributed by atoms with Crippen LogP contribution in [-0.2, 0) is 0 Å². The van der Waals surface area contributed by atoms with E-state index in [-0.39, 0.29) is 29.0 Å². The molecule has 0 saturated carbocycles. The molecule has 1 saturated heterocycles. The van der Waals surface area contributed by atoms with Crippen LogP contribution in [0.15, 0.2) is 17.1 Å². The highest BCUT2D eigenvalue weighted by Gasteiger charge is 2.30. The van der Waals surface area contributed by atoms with Crippen LogP contribution in [0.5, 0.6) is 0 Å². The van der Waals surface area contributed by atoms with Gasteiger partial charge in [0.25, 0.3) is 5.91 Å². The third-order valence-corrected chi connectivity index (χ3v) is 3.35. The first-order chi connectivity index (χ1) is 8.50. The lowest BCUT2D eigenvalue weighted by Gasteiger charge is -2.39. The number of aromatic amines is 1. The molecule has 1 aromatic heterocycles. The highest BCUT2D eigenvalue weighted by Crippen LogP contribution is 2.13. The van der Waals surface area contributed by atoms with Crippen LogP contribution in [-0.4, -0.2) is 41.0 Å². The predicted molar refractivity (Wildman–Crippen MR) is 69.8 cm³/mol. The average Bonchev–Trinajstić information content (AvgIpc) is 2.28. The molecule has 1 amide bonds. The molecule has 5 heteroatoms. The fourth-order valence-corrected chi connectivity index (χ4v) is 2.41. The summed E-state index contributed by atoms with van der Waals surface area (Å²) in [5.41, 5.74) is 0.772. The predicted octanol–water partition coefficient (Wildman–Crippen LogP) is 0.506. The van der Waals surface area contributed by atoms with Crippen LogP contribution < -0.4 is 10.7 Å².